The van der Waals surface area contributed by atoms with Crippen molar-refractivity contribution < 1.29 is 0 Å². The number of hydrogen-bond donors (Lipinski definition) is 1. The van der Waals surface area contributed by atoms with Gasteiger partial charge in [0.2, 0.25) is 0 Å². The van der Waals surface area contributed by atoms with E-state index in [9.17, 15) is 0 Å². The molecule has 1 N–H and O–H groups in total. The summed E-state index contributed by atoms with van der Waals surface area (Å²) in [6.07, 6.45) is 12.6. The first kappa shape index (κ1) is 21.0. The molecule has 0 saturated carbocycles. The van der Waals surface area contributed by atoms with E-state index in [1.165, 1.54) is 4.91 Å². The second-order valence-electron chi connectivity index (χ2n) is 7.59. The Kier molecular flexibility index (Phi) is 6.21. The molecule has 0 spiro atoms. The monoisotopic (exact) mass is 450 g/mol. The molecule has 1 aromatic carbocycles. The van der Waals surface area contributed by atoms with E-state index in [1.54, 1.807) is 24.2 Å². The van der Waals surface area contributed by atoms with Crippen molar-refractivity contribution >= 4 is 22.5 Å². The molecule has 162 valence electrons. The SMILES string of the molecule is Cc1cnc(CNc2cc(-c3cncc(C4=CCC=CS4)c3)nc(-c3ccccc3)n2)cn1. The highest BCUT2D eigenvalue weighted by molar-refractivity contribution is 8.11. The van der Waals surface area contributed by atoms with Crippen molar-refractivity contribution in [2.75, 3.05) is 5.32 Å². The molecule has 1 aliphatic heterocycles. The molecule has 3 aromatic heterocycles. The number of nitrogens with zero attached hydrogens (tertiary/aromatic N) is 5. The van der Waals surface area contributed by atoms with Crippen LogP contribution in [0, 0.1) is 6.92 Å². The zero-order valence-electron chi connectivity index (χ0n) is 18.1. The van der Waals surface area contributed by atoms with Gasteiger partial charge in [0.25, 0.3) is 0 Å². The largest absolute Gasteiger partial charge is 0.364 e. The summed E-state index contributed by atoms with van der Waals surface area (Å²) in [4.78, 5) is 24.1. The predicted octanol–water partition coefficient (Wildman–Crippen LogP) is 5.91. The van der Waals surface area contributed by atoms with Crippen molar-refractivity contribution in [1.82, 2.24) is 24.9 Å². The molecule has 0 saturated heterocycles. The molecular formula is C26H22N6S. The van der Waals surface area contributed by atoms with Crippen LogP contribution < -0.4 is 5.32 Å². The summed E-state index contributed by atoms with van der Waals surface area (Å²) in [6.45, 7) is 2.44. The van der Waals surface area contributed by atoms with Gasteiger partial charge in [-0.1, -0.05) is 54.2 Å². The van der Waals surface area contributed by atoms with E-state index < -0.39 is 0 Å². The number of rotatable bonds is 6. The zero-order valence-corrected chi connectivity index (χ0v) is 19.0. The van der Waals surface area contributed by atoms with Gasteiger partial charge in [0, 0.05) is 46.3 Å². The van der Waals surface area contributed by atoms with Crippen LogP contribution in [0.3, 0.4) is 0 Å². The van der Waals surface area contributed by atoms with Crippen molar-refractivity contribution in [1.29, 1.82) is 0 Å². The smallest absolute Gasteiger partial charge is 0.162 e. The van der Waals surface area contributed by atoms with Crippen molar-refractivity contribution in [2.24, 2.45) is 0 Å². The normalized spacial score (nSPS) is 12.9. The molecule has 6 nitrogen and oxygen atoms in total. The van der Waals surface area contributed by atoms with E-state index in [4.69, 9.17) is 9.97 Å². The minimum absolute atomic E-state index is 0.520. The van der Waals surface area contributed by atoms with E-state index in [-0.39, 0.29) is 0 Å². The first-order chi connectivity index (χ1) is 16.2. The summed E-state index contributed by atoms with van der Waals surface area (Å²) in [6, 6.07) is 14.1. The van der Waals surface area contributed by atoms with Crippen LogP contribution in [-0.4, -0.2) is 24.9 Å². The first-order valence-corrected chi connectivity index (χ1v) is 11.6. The van der Waals surface area contributed by atoms with Crippen molar-refractivity contribution in [3.05, 3.63) is 102 Å². The fourth-order valence-electron chi connectivity index (χ4n) is 3.39. The number of allylic oxidation sites excluding steroid dienone is 2. The van der Waals surface area contributed by atoms with Crippen LogP contribution in [-0.2, 0) is 6.54 Å². The molecule has 0 fully saturated rings. The lowest BCUT2D eigenvalue weighted by Crippen LogP contribution is -2.06. The quantitative estimate of drug-likeness (QED) is 0.391. The van der Waals surface area contributed by atoms with Crippen LogP contribution in [0.1, 0.15) is 23.4 Å². The van der Waals surface area contributed by atoms with Crippen molar-refractivity contribution in [3.8, 4) is 22.6 Å². The highest BCUT2D eigenvalue weighted by atomic mass is 32.2. The van der Waals surface area contributed by atoms with E-state index in [2.05, 4.69) is 43.9 Å². The summed E-state index contributed by atoms with van der Waals surface area (Å²) >= 11 is 1.71. The average molecular weight is 451 g/mol. The lowest BCUT2D eigenvalue weighted by atomic mass is 10.1. The Balaban J connectivity index is 1.50. The molecule has 0 unspecified atom stereocenters. The van der Waals surface area contributed by atoms with Crippen LogP contribution in [0.2, 0.25) is 0 Å². The van der Waals surface area contributed by atoms with E-state index in [0.717, 1.165) is 46.0 Å². The Hall–Kier alpha value is -3.84. The van der Waals surface area contributed by atoms with Gasteiger partial charge in [-0.2, -0.15) is 0 Å². The first-order valence-electron chi connectivity index (χ1n) is 10.7. The maximum atomic E-state index is 4.87. The van der Waals surface area contributed by atoms with Gasteiger partial charge < -0.3 is 5.32 Å². The highest BCUT2D eigenvalue weighted by Crippen LogP contribution is 2.33. The summed E-state index contributed by atoms with van der Waals surface area (Å²) in [5, 5.41) is 5.50. The number of anilines is 1. The van der Waals surface area contributed by atoms with Gasteiger partial charge >= 0.3 is 0 Å². The minimum Gasteiger partial charge on any atom is -0.364 e. The molecule has 4 heterocycles. The Morgan fingerprint density at radius 2 is 1.79 bits per heavy atom. The van der Waals surface area contributed by atoms with Gasteiger partial charge in [-0.15, -0.1) is 0 Å². The van der Waals surface area contributed by atoms with Crippen LogP contribution in [0.4, 0.5) is 5.82 Å². The van der Waals surface area contributed by atoms with E-state index in [0.29, 0.717) is 12.4 Å². The molecule has 0 aliphatic carbocycles. The molecule has 4 aromatic rings. The average Bonchev–Trinajstić information content (AvgIpc) is 2.89. The van der Waals surface area contributed by atoms with Crippen LogP contribution in [0.5, 0.6) is 0 Å². The molecular weight excluding hydrogens is 428 g/mol. The summed E-state index contributed by atoms with van der Waals surface area (Å²) in [5.74, 6) is 1.38. The molecule has 0 atom stereocenters. The second-order valence-corrected chi connectivity index (χ2v) is 8.53. The highest BCUT2D eigenvalue weighted by Gasteiger charge is 2.12. The molecule has 0 bridgehead atoms. The summed E-state index contributed by atoms with van der Waals surface area (Å²) < 4.78 is 0. The third-order valence-electron chi connectivity index (χ3n) is 5.09. The minimum atomic E-state index is 0.520. The second kappa shape index (κ2) is 9.75. The lowest BCUT2D eigenvalue weighted by molar-refractivity contribution is 0.974. The fraction of sp³-hybridized carbons (Fsp3) is 0.115. The standard InChI is InChI=1S/C26H22N6S/c1-18-13-29-22(16-28-18)17-30-25-12-23(31-26(32-25)19-7-3-2-4-8-19)20-11-21(15-27-14-20)24-9-5-6-10-33-24/h2-4,6-16H,5,17H2,1H3,(H,30,31,32). The topological polar surface area (TPSA) is 76.5 Å². The maximum absolute atomic E-state index is 4.87. The van der Waals surface area contributed by atoms with E-state index in [1.807, 2.05) is 55.7 Å². The Bertz CT molecular complexity index is 1320. The summed E-state index contributed by atoms with van der Waals surface area (Å²) in [7, 11) is 0. The Morgan fingerprint density at radius 1 is 0.909 bits per heavy atom. The third kappa shape index (κ3) is 5.15. The number of hydrogen-bond acceptors (Lipinski definition) is 7. The lowest BCUT2D eigenvalue weighted by Gasteiger charge is -2.12. The van der Waals surface area contributed by atoms with Crippen molar-refractivity contribution in [3.63, 3.8) is 0 Å². The third-order valence-corrected chi connectivity index (χ3v) is 6.08. The molecule has 33 heavy (non-hydrogen) atoms. The predicted molar refractivity (Wildman–Crippen MR) is 134 cm³/mol. The van der Waals surface area contributed by atoms with Crippen molar-refractivity contribution in [2.45, 2.75) is 19.9 Å². The molecule has 0 amide bonds. The number of thioether (sulfide) groups is 1. The van der Waals surface area contributed by atoms with Gasteiger partial charge in [-0.25, -0.2) is 9.97 Å². The zero-order chi connectivity index (χ0) is 22.5. The van der Waals surface area contributed by atoms with Gasteiger partial charge in [0.15, 0.2) is 5.82 Å². The van der Waals surface area contributed by atoms with Crippen LogP contribution in [0.15, 0.2) is 84.8 Å². The van der Waals surface area contributed by atoms with Gasteiger partial charge in [-0.3, -0.25) is 15.0 Å². The van der Waals surface area contributed by atoms with Crippen LogP contribution in [0.25, 0.3) is 27.6 Å². The number of nitrogens with one attached hydrogen (secondary N) is 1. The van der Waals surface area contributed by atoms with Gasteiger partial charge in [-0.05, 0) is 24.8 Å². The number of benzene rings is 1. The number of aromatic nitrogens is 5. The molecule has 7 heteroatoms. The fourth-order valence-corrected chi connectivity index (χ4v) is 4.19. The maximum Gasteiger partial charge on any atom is 0.162 e. The molecule has 5 rings (SSSR count). The molecule has 1 aliphatic rings. The molecule has 0 radical (unpaired) electrons. The van der Waals surface area contributed by atoms with E-state index >= 15 is 0 Å². The van der Waals surface area contributed by atoms with Gasteiger partial charge in [0.1, 0.15) is 5.82 Å². The number of aryl methyl sites for hydroxylation is 1. The van der Waals surface area contributed by atoms with Crippen LogP contribution >= 0.6 is 11.8 Å². The van der Waals surface area contributed by atoms with Gasteiger partial charge in [0.05, 0.1) is 29.8 Å². The number of pyridine rings is 1. The summed E-state index contributed by atoms with van der Waals surface area (Å²) in [5.41, 5.74) is 5.54. The Labute approximate surface area is 197 Å². The Morgan fingerprint density at radius 3 is 2.58 bits per heavy atom.